The first-order chi connectivity index (χ1) is 17.3. The molecular formula is C28H26N5OP. The molecule has 0 spiro atoms. The van der Waals surface area contributed by atoms with E-state index in [1.807, 2.05) is 0 Å². The molecule has 7 heteroatoms. The van der Waals surface area contributed by atoms with Gasteiger partial charge in [-0.05, 0) is 56.2 Å². The highest BCUT2D eigenvalue weighted by atomic mass is 31.1. The Bertz CT molecular complexity index is 1440. The number of hydrogen-bond acceptors (Lipinski definition) is 6. The number of rotatable bonds is 0. The van der Waals surface area contributed by atoms with Gasteiger partial charge in [0.2, 0.25) is 0 Å². The van der Waals surface area contributed by atoms with Crippen molar-refractivity contribution in [3.05, 3.63) is 60.7 Å². The molecule has 0 N–H and O–H groups in total. The van der Waals surface area contributed by atoms with Gasteiger partial charge in [0, 0.05) is 7.92 Å². The van der Waals surface area contributed by atoms with Gasteiger partial charge in [0.15, 0.2) is 0 Å². The number of hydrazone groups is 1. The lowest BCUT2D eigenvalue weighted by molar-refractivity contribution is 0.185. The third kappa shape index (κ3) is 2.19. The molecule has 35 heavy (non-hydrogen) atoms. The molecule has 0 saturated heterocycles. The van der Waals surface area contributed by atoms with Gasteiger partial charge in [0.1, 0.15) is 29.9 Å². The topological polar surface area (TPSA) is 34.5 Å². The number of para-hydroxylation sites is 2. The maximum Gasteiger partial charge on any atom is 0.137 e. The molecule has 1 aliphatic carbocycles. The van der Waals surface area contributed by atoms with Gasteiger partial charge >= 0.3 is 0 Å². The third-order valence-corrected chi connectivity index (χ3v) is 11.6. The number of hydrogen-bond donors (Lipinski definition) is 0. The van der Waals surface area contributed by atoms with E-state index < -0.39 is 7.92 Å². The normalized spacial score (nSPS) is 30.1. The fourth-order valence-electron chi connectivity index (χ4n) is 7.44. The van der Waals surface area contributed by atoms with Crippen LogP contribution in [0.15, 0.2) is 65.8 Å². The van der Waals surface area contributed by atoms with E-state index >= 15 is 0 Å². The molecule has 5 aliphatic heterocycles. The van der Waals surface area contributed by atoms with Crippen LogP contribution >= 0.6 is 7.92 Å². The van der Waals surface area contributed by atoms with Crippen molar-refractivity contribution in [2.45, 2.75) is 56.8 Å². The van der Waals surface area contributed by atoms with E-state index in [-0.39, 0.29) is 12.1 Å². The number of anilines is 4. The average molecular weight is 480 g/mol. The van der Waals surface area contributed by atoms with Crippen LogP contribution in [0.3, 0.4) is 0 Å². The predicted molar refractivity (Wildman–Crippen MR) is 142 cm³/mol. The first-order valence-electron chi connectivity index (χ1n) is 12.8. The molecule has 5 atom stereocenters. The highest BCUT2D eigenvalue weighted by Crippen LogP contribution is 2.66. The summed E-state index contributed by atoms with van der Waals surface area (Å²) in [5.74, 6) is 2.29. The summed E-state index contributed by atoms with van der Waals surface area (Å²) in [6.07, 6.45) is 7.31. The van der Waals surface area contributed by atoms with E-state index in [1.54, 1.807) is 0 Å². The third-order valence-electron chi connectivity index (χ3n) is 8.82. The molecule has 2 bridgehead atoms. The zero-order chi connectivity index (χ0) is 22.8. The van der Waals surface area contributed by atoms with Crippen molar-refractivity contribution in [2.75, 3.05) is 14.8 Å². The van der Waals surface area contributed by atoms with Crippen LogP contribution in [0.2, 0.25) is 0 Å². The predicted octanol–water partition coefficient (Wildman–Crippen LogP) is 5.22. The lowest BCUT2D eigenvalue weighted by Gasteiger charge is -2.49. The number of ether oxygens (including phenoxy) is 1. The minimum atomic E-state index is -0.711. The van der Waals surface area contributed by atoms with E-state index in [4.69, 9.17) is 9.84 Å². The Morgan fingerprint density at radius 2 is 1.49 bits per heavy atom. The fourth-order valence-corrected chi connectivity index (χ4v) is 10.7. The molecule has 3 aromatic carbocycles. The molecule has 4 unspecified atom stereocenters. The lowest BCUT2D eigenvalue weighted by Crippen LogP contribution is -2.59. The van der Waals surface area contributed by atoms with E-state index in [9.17, 15) is 0 Å². The maximum absolute atomic E-state index is 6.62. The zero-order valence-electron chi connectivity index (χ0n) is 19.6. The molecule has 0 aromatic heterocycles. The molecule has 5 heterocycles. The largest absolute Gasteiger partial charge is 0.456 e. The summed E-state index contributed by atoms with van der Waals surface area (Å²) >= 11 is 0. The van der Waals surface area contributed by atoms with Gasteiger partial charge in [-0.25, -0.2) is 5.01 Å². The van der Waals surface area contributed by atoms with Gasteiger partial charge in [0.25, 0.3) is 0 Å². The van der Waals surface area contributed by atoms with E-state index in [0.717, 1.165) is 11.5 Å². The summed E-state index contributed by atoms with van der Waals surface area (Å²) in [6.45, 7) is 2.31. The van der Waals surface area contributed by atoms with Gasteiger partial charge in [-0.15, -0.1) is 0 Å². The Morgan fingerprint density at radius 1 is 0.800 bits per heavy atom. The highest BCUT2D eigenvalue weighted by molar-refractivity contribution is 7.75. The zero-order valence-corrected chi connectivity index (χ0v) is 20.5. The van der Waals surface area contributed by atoms with E-state index in [1.165, 1.54) is 59.0 Å². The molecule has 0 amide bonds. The van der Waals surface area contributed by atoms with Gasteiger partial charge in [0.05, 0.1) is 45.4 Å². The summed E-state index contributed by atoms with van der Waals surface area (Å²) < 4.78 is 6.62. The molecule has 3 aromatic rings. The van der Waals surface area contributed by atoms with Crippen LogP contribution in [-0.4, -0.2) is 35.4 Å². The number of fused-ring (bicyclic) bond motifs is 10. The summed E-state index contributed by atoms with van der Waals surface area (Å²) in [5, 5.41) is 10.0. The molecular weight excluding hydrogens is 453 g/mol. The molecule has 6 aliphatic rings. The molecule has 9 rings (SSSR count). The number of benzene rings is 3. The van der Waals surface area contributed by atoms with Crippen LogP contribution in [-0.2, 0) is 0 Å². The molecule has 6 nitrogen and oxygen atoms in total. The highest BCUT2D eigenvalue weighted by Gasteiger charge is 2.57. The molecule has 174 valence electrons. The second-order valence-corrected chi connectivity index (χ2v) is 12.5. The van der Waals surface area contributed by atoms with Crippen molar-refractivity contribution >= 4 is 47.6 Å². The monoisotopic (exact) mass is 479 g/mol. The van der Waals surface area contributed by atoms with Crippen molar-refractivity contribution in [2.24, 2.45) is 5.10 Å². The van der Waals surface area contributed by atoms with Crippen molar-refractivity contribution in [1.82, 2.24) is 4.90 Å². The van der Waals surface area contributed by atoms with Crippen molar-refractivity contribution in [3.8, 4) is 11.5 Å². The number of nitrogens with zero attached hydrogens (tertiary/aromatic N) is 5. The van der Waals surface area contributed by atoms with Crippen LogP contribution in [0.25, 0.3) is 0 Å². The summed E-state index contributed by atoms with van der Waals surface area (Å²) in [7, 11) is -0.711. The minimum absolute atomic E-state index is 0.187. The first kappa shape index (κ1) is 19.0. The fraction of sp³-hybridized carbons (Fsp3) is 0.321. The standard InChI is InChI=1S/C28H26N5OP/c1-17-30-16-29-33(17)23-13-7-15-25-27(23)35-26-22(12-6-14-24(26)34-25)32-21-11-5-4-10-20(21)31(28(32)35)19-9-3-2-8-18(19)30/h4-7,10-19,28H,2-3,8-9H2,1H3/t17-,18?,19?,28?,35?/m1/s1. The van der Waals surface area contributed by atoms with Crippen LogP contribution in [0.4, 0.5) is 22.7 Å². The van der Waals surface area contributed by atoms with Crippen LogP contribution < -0.4 is 30.2 Å². The Morgan fingerprint density at radius 3 is 2.31 bits per heavy atom. The van der Waals surface area contributed by atoms with Gasteiger partial charge in [-0.2, -0.15) is 5.10 Å². The Hall–Kier alpha value is -3.24. The Balaban J connectivity index is 1.40. The maximum atomic E-state index is 6.62. The Kier molecular flexibility index (Phi) is 3.53. The van der Waals surface area contributed by atoms with Gasteiger partial charge < -0.3 is 19.4 Å². The van der Waals surface area contributed by atoms with Crippen LogP contribution in [0, 0.1) is 0 Å². The first-order valence-corrected chi connectivity index (χ1v) is 14.2. The van der Waals surface area contributed by atoms with Crippen LogP contribution in [0.5, 0.6) is 11.5 Å². The molecule has 0 radical (unpaired) electrons. The van der Waals surface area contributed by atoms with Crippen molar-refractivity contribution in [1.29, 1.82) is 0 Å². The average Bonchev–Trinajstić information content (AvgIpc) is 3.54. The van der Waals surface area contributed by atoms with Crippen molar-refractivity contribution < 1.29 is 4.74 Å². The van der Waals surface area contributed by atoms with Gasteiger partial charge in [-0.1, -0.05) is 37.1 Å². The quantitative estimate of drug-likeness (QED) is 0.413. The van der Waals surface area contributed by atoms with Crippen LogP contribution in [0.1, 0.15) is 32.6 Å². The second-order valence-electron chi connectivity index (χ2n) is 10.4. The lowest BCUT2D eigenvalue weighted by atomic mass is 9.87. The smallest absolute Gasteiger partial charge is 0.137 e. The van der Waals surface area contributed by atoms with Gasteiger partial charge in [-0.3, -0.25) is 0 Å². The second kappa shape index (κ2) is 6.50. The molecule has 1 saturated carbocycles. The minimum Gasteiger partial charge on any atom is -0.456 e. The Labute approximate surface area is 206 Å². The SMILES string of the molecule is C[C@H]1N2N=CN1C1CCCCC1N1c3ccccc3N3c4cccc5c4P(c4c(cccc42)O5)C31. The summed E-state index contributed by atoms with van der Waals surface area (Å²) in [4.78, 5) is 8.01. The van der Waals surface area contributed by atoms with Crippen molar-refractivity contribution in [3.63, 3.8) is 0 Å². The molecule has 1 fully saturated rings. The van der Waals surface area contributed by atoms with E-state index in [2.05, 4.69) is 93.6 Å². The summed E-state index contributed by atoms with van der Waals surface area (Å²) in [6, 6.07) is 23.2. The van der Waals surface area contributed by atoms with E-state index in [0.29, 0.717) is 12.1 Å². The summed E-state index contributed by atoms with van der Waals surface area (Å²) in [5.41, 5.74) is 5.25.